The molecule has 1 aromatic heterocycles. The SMILES string of the molecule is Cc1ccc(-c2nc(N)sc2CC(=O)OCC(=O)N2CCc3ccccc32)cc1. The molecule has 1 aliphatic heterocycles. The molecule has 0 atom stereocenters. The smallest absolute Gasteiger partial charge is 0.311 e. The fourth-order valence-corrected chi connectivity index (χ4v) is 4.27. The number of nitrogens with two attached hydrogens (primary N) is 1. The number of thiazole rings is 1. The van der Waals surface area contributed by atoms with Crippen LogP contribution >= 0.6 is 11.3 Å². The highest BCUT2D eigenvalue weighted by Gasteiger charge is 2.25. The van der Waals surface area contributed by atoms with Gasteiger partial charge in [0.2, 0.25) is 0 Å². The van der Waals surface area contributed by atoms with Crippen LogP contribution in [0.4, 0.5) is 10.8 Å². The first kappa shape index (κ1) is 19.1. The number of carbonyl (C=O) groups is 2. The minimum Gasteiger partial charge on any atom is -0.455 e. The number of anilines is 2. The van der Waals surface area contributed by atoms with Gasteiger partial charge < -0.3 is 15.4 Å². The highest BCUT2D eigenvalue weighted by Crippen LogP contribution is 2.31. The number of aromatic nitrogens is 1. The highest BCUT2D eigenvalue weighted by molar-refractivity contribution is 7.15. The lowest BCUT2D eigenvalue weighted by molar-refractivity contribution is -0.147. The van der Waals surface area contributed by atoms with Crippen molar-refractivity contribution in [1.29, 1.82) is 0 Å². The van der Waals surface area contributed by atoms with Crippen molar-refractivity contribution in [2.24, 2.45) is 0 Å². The third kappa shape index (κ3) is 4.14. The Balaban J connectivity index is 1.40. The second-order valence-electron chi connectivity index (χ2n) is 6.95. The number of para-hydroxylation sites is 1. The number of rotatable bonds is 5. The van der Waals surface area contributed by atoms with Gasteiger partial charge in [0.25, 0.3) is 5.91 Å². The lowest BCUT2D eigenvalue weighted by Crippen LogP contribution is -2.33. The van der Waals surface area contributed by atoms with Crippen molar-refractivity contribution in [2.45, 2.75) is 19.8 Å². The van der Waals surface area contributed by atoms with Crippen molar-refractivity contribution in [3.63, 3.8) is 0 Å². The number of ether oxygens (including phenoxy) is 1. The molecule has 0 radical (unpaired) electrons. The van der Waals surface area contributed by atoms with Crippen molar-refractivity contribution in [2.75, 3.05) is 23.8 Å². The molecule has 1 amide bonds. The molecule has 0 fully saturated rings. The van der Waals surface area contributed by atoms with E-state index in [-0.39, 0.29) is 18.9 Å². The topological polar surface area (TPSA) is 85.5 Å². The average Bonchev–Trinajstić information content (AvgIpc) is 3.30. The molecular formula is C22H21N3O3S. The Labute approximate surface area is 172 Å². The van der Waals surface area contributed by atoms with Crippen LogP contribution in [0.3, 0.4) is 0 Å². The maximum absolute atomic E-state index is 12.5. The monoisotopic (exact) mass is 407 g/mol. The van der Waals surface area contributed by atoms with E-state index >= 15 is 0 Å². The fourth-order valence-electron chi connectivity index (χ4n) is 3.43. The fraction of sp³-hybridized carbons (Fsp3) is 0.227. The largest absolute Gasteiger partial charge is 0.455 e. The van der Waals surface area contributed by atoms with E-state index in [1.807, 2.05) is 55.5 Å². The Morgan fingerprint density at radius 2 is 1.93 bits per heavy atom. The van der Waals surface area contributed by atoms with Crippen molar-refractivity contribution < 1.29 is 14.3 Å². The zero-order chi connectivity index (χ0) is 20.4. The van der Waals surface area contributed by atoms with Gasteiger partial charge in [-0.15, -0.1) is 11.3 Å². The second kappa shape index (κ2) is 8.05. The summed E-state index contributed by atoms with van der Waals surface area (Å²) in [6.07, 6.45) is 0.845. The molecule has 2 N–H and O–H groups in total. The van der Waals surface area contributed by atoms with E-state index in [0.29, 0.717) is 17.4 Å². The number of hydrogen-bond donors (Lipinski definition) is 1. The number of nitrogens with zero attached hydrogens (tertiary/aromatic N) is 2. The van der Waals surface area contributed by atoms with E-state index in [2.05, 4.69) is 4.98 Å². The molecule has 148 valence electrons. The van der Waals surface area contributed by atoms with Gasteiger partial charge in [0.05, 0.1) is 12.1 Å². The normalized spacial score (nSPS) is 12.7. The number of benzene rings is 2. The van der Waals surface area contributed by atoms with Crippen LogP contribution in [0.1, 0.15) is 16.0 Å². The third-order valence-electron chi connectivity index (χ3n) is 4.89. The standard InChI is InChI=1S/C22H21N3O3S/c1-14-6-8-16(9-7-14)21-18(29-22(23)24-21)12-20(27)28-13-19(26)25-11-10-15-4-2-3-5-17(15)25/h2-9H,10-13H2,1H3,(H2,23,24). The quantitative estimate of drug-likeness (QED) is 0.656. The molecule has 0 saturated heterocycles. The Kier molecular flexibility index (Phi) is 5.31. The molecule has 3 aromatic rings. The highest BCUT2D eigenvalue weighted by atomic mass is 32.1. The van der Waals surface area contributed by atoms with Crippen LogP contribution < -0.4 is 10.6 Å². The predicted molar refractivity (Wildman–Crippen MR) is 114 cm³/mol. The van der Waals surface area contributed by atoms with E-state index in [0.717, 1.165) is 33.7 Å². The molecule has 4 rings (SSSR count). The van der Waals surface area contributed by atoms with Crippen molar-refractivity contribution in [1.82, 2.24) is 4.98 Å². The molecule has 2 aromatic carbocycles. The summed E-state index contributed by atoms with van der Waals surface area (Å²) < 4.78 is 5.26. The van der Waals surface area contributed by atoms with Gasteiger partial charge in [-0.05, 0) is 25.0 Å². The van der Waals surface area contributed by atoms with Crippen LogP contribution in [0.5, 0.6) is 0 Å². The molecule has 7 heteroatoms. The minimum absolute atomic E-state index is 0.0297. The molecule has 0 unspecified atom stereocenters. The van der Waals surface area contributed by atoms with Crippen molar-refractivity contribution in [3.05, 3.63) is 64.5 Å². The molecule has 29 heavy (non-hydrogen) atoms. The maximum atomic E-state index is 12.5. The Hall–Kier alpha value is -3.19. The Bertz CT molecular complexity index is 1060. The summed E-state index contributed by atoms with van der Waals surface area (Å²) in [5.74, 6) is -0.686. The maximum Gasteiger partial charge on any atom is 0.311 e. The number of esters is 1. The zero-order valence-corrected chi connectivity index (χ0v) is 16.9. The van der Waals surface area contributed by atoms with Crippen molar-refractivity contribution in [3.8, 4) is 11.3 Å². The van der Waals surface area contributed by atoms with Crippen LogP contribution in [-0.4, -0.2) is 30.0 Å². The molecule has 2 heterocycles. The summed E-state index contributed by atoms with van der Waals surface area (Å²) >= 11 is 1.26. The van der Waals surface area contributed by atoms with Gasteiger partial charge in [-0.1, -0.05) is 48.0 Å². The number of nitrogen functional groups attached to an aromatic ring is 1. The molecule has 1 aliphatic rings. The molecule has 0 aliphatic carbocycles. The first-order valence-corrected chi connectivity index (χ1v) is 10.2. The van der Waals surface area contributed by atoms with Gasteiger partial charge >= 0.3 is 5.97 Å². The second-order valence-corrected chi connectivity index (χ2v) is 8.07. The number of carbonyl (C=O) groups excluding carboxylic acids is 2. The van der Waals surface area contributed by atoms with Crippen LogP contribution in [0.25, 0.3) is 11.3 Å². The summed E-state index contributed by atoms with van der Waals surface area (Å²) in [6, 6.07) is 15.7. The van der Waals surface area contributed by atoms with Gasteiger partial charge in [0.1, 0.15) is 0 Å². The van der Waals surface area contributed by atoms with Crippen molar-refractivity contribution >= 4 is 34.0 Å². The molecule has 0 saturated carbocycles. The van der Waals surface area contributed by atoms with E-state index in [1.54, 1.807) is 4.90 Å². The minimum atomic E-state index is -0.470. The summed E-state index contributed by atoms with van der Waals surface area (Å²) in [5, 5.41) is 0.396. The summed E-state index contributed by atoms with van der Waals surface area (Å²) in [4.78, 5) is 31.6. The molecule has 0 bridgehead atoms. The van der Waals surface area contributed by atoms with Gasteiger partial charge in [-0.3, -0.25) is 9.59 Å². The van der Waals surface area contributed by atoms with E-state index < -0.39 is 5.97 Å². The predicted octanol–water partition coefficient (Wildman–Crippen LogP) is 3.38. The van der Waals surface area contributed by atoms with E-state index in [4.69, 9.17) is 10.5 Å². The van der Waals surface area contributed by atoms with Gasteiger partial charge in [0.15, 0.2) is 11.7 Å². The number of hydrogen-bond acceptors (Lipinski definition) is 6. The van der Waals surface area contributed by atoms with Crippen LogP contribution in [0, 0.1) is 6.92 Å². The number of aryl methyl sites for hydroxylation is 1. The lowest BCUT2D eigenvalue weighted by atomic mass is 10.1. The van der Waals surface area contributed by atoms with Crippen LogP contribution in [0.2, 0.25) is 0 Å². The molecule has 0 spiro atoms. The molecular weight excluding hydrogens is 386 g/mol. The van der Waals surface area contributed by atoms with Crippen LogP contribution in [0.15, 0.2) is 48.5 Å². The zero-order valence-electron chi connectivity index (χ0n) is 16.1. The van der Waals surface area contributed by atoms with Crippen LogP contribution in [-0.2, 0) is 27.2 Å². The summed E-state index contributed by atoms with van der Waals surface area (Å²) in [7, 11) is 0. The van der Waals surface area contributed by atoms with Gasteiger partial charge in [-0.25, -0.2) is 4.98 Å². The Morgan fingerprint density at radius 1 is 1.17 bits per heavy atom. The van der Waals surface area contributed by atoms with E-state index in [9.17, 15) is 9.59 Å². The molecule has 6 nitrogen and oxygen atoms in total. The van der Waals surface area contributed by atoms with Gasteiger partial charge in [-0.2, -0.15) is 0 Å². The van der Waals surface area contributed by atoms with Gasteiger partial charge in [0, 0.05) is 22.7 Å². The summed E-state index contributed by atoms with van der Waals surface area (Å²) in [5.41, 5.74) is 10.6. The Morgan fingerprint density at radius 3 is 2.72 bits per heavy atom. The first-order valence-electron chi connectivity index (χ1n) is 9.37. The number of amides is 1. The lowest BCUT2D eigenvalue weighted by Gasteiger charge is -2.17. The van der Waals surface area contributed by atoms with E-state index in [1.165, 1.54) is 11.3 Å². The number of fused-ring (bicyclic) bond motifs is 1. The average molecular weight is 407 g/mol. The first-order chi connectivity index (χ1) is 14.0. The third-order valence-corrected chi connectivity index (χ3v) is 5.77. The summed E-state index contributed by atoms with van der Waals surface area (Å²) in [6.45, 7) is 2.34.